The SMILES string of the molecule is CCOP(=O)(OCC)[C@@H]1NC(=S)O[C@@H]1c1ccco1. The van der Waals surface area contributed by atoms with Crippen molar-refractivity contribution in [3.63, 3.8) is 0 Å². The Morgan fingerprint density at radius 2 is 2.11 bits per heavy atom. The van der Waals surface area contributed by atoms with Crippen molar-refractivity contribution in [3.8, 4) is 0 Å². The number of thiocarbonyl (C=S) groups is 1. The molecule has 0 spiro atoms. The second kappa shape index (κ2) is 6.05. The van der Waals surface area contributed by atoms with Crippen molar-refractivity contribution in [2.45, 2.75) is 25.7 Å². The van der Waals surface area contributed by atoms with E-state index in [0.29, 0.717) is 5.76 Å². The van der Waals surface area contributed by atoms with Crippen LogP contribution in [-0.2, 0) is 18.3 Å². The van der Waals surface area contributed by atoms with E-state index < -0.39 is 19.5 Å². The Morgan fingerprint density at radius 1 is 1.42 bits per heavy atom. The Labute approximate surface area is 116 Å². The molecule has 2 heterocycles. The molecule has 2 atom stereocenters. The first kappa shape index (κ1) is 14.5. The first-order chi connectivity index (χ1) is 9.10. The molecule has 0 saturated carbocycles. The van der Waals surface area contributed by atoms with Crippen molar-refractivity contribution in [1.29, 1.82) is 0 Å². The molecule has 1 aliphatic heterocycles. The van der Waals surface area contributed by atoms with Crippen LogP contribution in [0.3, 0.4) is 0 Å². The van der Waals surface area contributed by atoms with E-state index in [2.05, 4.69) is 5.32 Å². The molecule has 0 radical (unpaired) electrons. The maximum Gasteiger partial charge on any atom is 0.357 e. The third-order valence-corrected chi connectivity index (χ3v) is 5.10. The molecule has 2 rings (SSSR count). The summed E-state index contributed by atoms with van der Waals surface area (Å²) in [6.07, 6.45) is 0.898. The quantitative estimate of drug-likeness (QED) is 0.640. The van der Waals surface area contributed by atoms with Crippen LogP contribution < -0.4 is 5.32 Å². The molecule has 0 aliphatic carbocycles. The summed E-state index contributed by atoms with van der Waals surface area (Å²) in [7, 11) is -3.39. The maximum atomic E-state index is 12.8. The normalized spacial score (nSPS) is 23.2. The summed E-state index contributed by atoms with van der Waals surface area (Å²) in [5.41, 5.74) is 0. The third kappa shape index (κ3) is 3.00. The molecule has 1 aromatic heterocycles. The molecule has 0 aromatic carbocycles. The average molecular weight is 305 g/mol. The molecule has 1 fully saturated rings. The highest BCUT2D eigenvalue weighted by atomic mass is 32.1. The topological polar surface area (TPSA) is 69.9 Å². The van der Waals surface area contributed by atoms with Gasteiger partial charge in [0, 0.05) is 0 Å². The summed E-state index contributed by atoms with van der Waals surface area (Å²) in [6, 6.07) is 3.46. The summed E-state index contributed by atoms with van der Waals surface area (Å²) in [5, 5.41) is 3.00. The van der Waals surface area contributed by atoms with Gasteiger partial charge in [-0.2, -0.15) is 0 Å². The van der Waals surface area contributed by atoms with Crippen LogP contribution in [0.4, 0.5) is 0 Å². The first-order valence-electron chi connectivity index (χ1n) is 6.00. The molecule has 0 bridgehead atoms. The summed E-state index contributed by atoms with van der Waals surface area (Å²) in [4.78, 5) is 0. The van der Waals surface area contributed by atoms with Crippen LogP contribution in [0.25, 0.3) is 0 Å². The fraction of sp³-hybridized carbons (Fsp3) is 0.545. The summed E-state index contributed by atoms with van der Waals surface area (Å²) in [5.74, 6) is -0.178. The zero-order valence-corrected chi connectivity index (χ0v) is 12.4. The van der Waals surface area contributed by atoms with Crippen LogP contribution in [0, 0.1) is 0 Å². The smallest absolute Gasteiger partial charge is 0.357 e. The molecule has 1 N–H and O–H groups in total. The number of hydrogen-bond acceptors (Lipinski definition) is 6. The number of rotatable bonds is 6. The lowest BCUT2D eigenvalue weighted by Crippen LogP contribution is -2.29. The monoisotopic (exact) mass is 305 g/mol. The molecule has 106 valence electrons. The van der Waals surface area contributed by atoms with Crippen molar-refractivity contribution in [2.75, 3.05) is 13.2 Å². The van der Waals surface area contributed by atoms with Crippen LogP contribution in [0.5, 0.6) is 0 Å². The predicted molar refractivity (Wildman–Crippen MR) is 72.9 cm³/mol. The Hall–Kier alpha value is -0.880. The maximum absolute atomic E-state index is 12.8. The van der Waals surface area contributed by atoms with Crippen LogP contribution in [0.1, 0.15) is 25.7 Å². The molecule has 0 amide bonds. The van der Waals surface area contributed by atoms with E-state index >= 15 is 0 Å². The van der Waals surface area contributed by atoms with E-state index in [1.54, 1.807) is 26.0 Å². The molecule has 8 heteroatoms. The van der Waals surface area contributed by atoms with Gasteiger partial charge in [-0.05, 0) is 38.2 Å². The number of nitrogens with one attached hydrogen (secondary N) is 1. The standard InChI is InChI=1S/C11H16NO5PS/c1-3-15-18(13,16-4-2)10-9(17-11(19)12-10)8-6-5-7-14-8/h5-7,9-10H,3-4H2,1-2H3,(H,12,19)/t9-,10+/m1/s1. The summed E-state index contributed by atoms with van der Waals surface area (Å²) < 4.78 is 34.2. The van der Waals surface area contributed by atoms with E-state index in [4.69, 9.17) is 30.4 Å². The molecule has 6 nitrogen and oxygen atoms in total. The average Bonchev–Trinajstić information content (AvgIpc) is 2.98. The Kier molecular flexibility index (Phi) is 4.62. The zero-order valence-electron chi connectivity index (χ0n) is 10.7. The van der Waals surface area contributed by atoms with Gasteiger partial charge in [0.2, 0.25) is 0 Å². The molecular formula is C11H16NO5PS. The number of hydrogen-bond donors (Lipinski definition) is 1. The molecule has 1 saturated heterocycles. The van der Waals surface area contributed by atoms with Gasteiger partial charge in [0.15, 0.2) is 11.9 Å². The van der Waals surface area contributed by atoms with Gasteiger partial charge in [0.1, 0.15) is 5.76 Å². The Balaban J connectivity index is 2.29. The second-order valence-corrected chi connectivity index (χ2v) is 6.33. The van der Waals surface area contributed by atoms with Crippen molar-refractivity contribution in [3.05, 3.63) is 24.2 Å². The largest absolute Gasteiger partial charge is 0.465 e. The van der Waals surface area contributed by atoms with E-state index in [-0.39, 0.29) is 18.4 Å². The van der Waals surface area contributed by atoms with Gasteiger partial charge in [0.25, 0.3) is 5.17 Å². The zero-order chi connectivity index (χ0) is 13.9. The lowest BCUT2D eigenvalue weighted by molar-refractivity contribution is 0.161. The van der Waals surface area contributed by atoms with Crippen molar-refractivity contribution >= 4 is 25.0 Å². The van der Waals surface area contributed by atoms with Crippen LogP contribution in [0.15, 0.2) is 22.8 Å². The van der Waals surface area contributed by atoms with E-state index in [1.165, 1.54) is 6.26 Å². The van der Waals surface area contributed by atoms with E-state index in [9.17, 15) is 4.57 Å². The minimum absolute atomic E-state index is 0.158. The van der Waals surface area contributed by atoms with E-state index in [1.807, 2.05) is 0 Å². The Bertz CT molecular complexity index is 467. The van der Waals surface area contributed by atoms with Crippen molar-refractivity contribution in [1.82, 2.24) is 5.32 Å². The first-order valence-corrected chi connectivity index (χ1v) is 8.02. The molecule has 0 unspecified atom stereocenters. The predicted octanol–water partition coefficient (Wildman–Crippen LogP) is 2.82. The van der Waals surface area contributed by atoms with Gasteiger partial charge in [0.05, 0.1) is 19.5 Å². The van der Waals surface area contributed by atoms with Gasteiger partial charge in [-0.1, -0.05) is 0 Å². The molecular weight excluding hydrogens is 289 g/mol. The number of furan rings is 1. The highest BCUT2D eigenvalue weighted by Crippen LogP contribution is 2.57. The summed E-state index contributed by atoms with van der Waals surface area (Å²) >= 11 is 4.98. The number of ether oxygens (including phenoxy) is 1. The van der Waals surface area contributed by atoms with Gasteiger partial charge in [-0.3, -0.25) is 4.57 Å². The highest BCUT2D eigenvalue weighted by Gasteiger charge is 2.49. The van der Waals surface area contributed by atoms with Crippen LogP contribution in [-0.4, -0.2) is 24.2 Å². The summed E-state index contributed by atoms with van der Waals surface area (Å²) in [6.45, 7) is 4.05. The van der Waals surface area contributed by atoms with Gasteiger partial charge < -0.3 is 23.5 Å². The fourth-order valence-electron chi connectivity index (χ4n) is 1.88. The van der Waals surface area contributed by atoms with Gasteiger partial charge >= 0.3 is 7.60 Å². The minimum Gasteiger partial charge on any atom is -0.465 e. The molecule has 1 aromatic rings. The van der Waals surface area contributed by atoms with Gasteiger partial charge in [-0.15, -0.1) is 0 Å². The van der Waals surface area contributed by atoms with Crippen molar-refractivity contribution in [2.24, 2.45) is 0 Å². The fourth-order valence-corrected chi connectivity index (χ4v) is 4.13. The van der Waals surface area contributed by atoms with Gasteiger partial charge in [-0.25, -0.2) is 0 Å². The van der Waals surface area contributed by atoms with Crippen LogP contribution in [0.2, 0.25) is 0 Å². The lowest BCUT2D eigenvalue weighted by Gasteiger charge is -2.24. The highest BCUT2D eigenvalue weighted by molar-refractivity contribution is 7.80. The van der Waals surface area contributed by atoms with Crippen LogP contribution >= 0.6 is 19.8 Å². The van der Waals surface area contributed by atoms with E-state index in [0.717, 1.165) is 0 Å². The lowest BCUT2D eigenvalue weighted by atomic mass is 10.3. The molecule has 1 aliphatic rings. The second-order valence-electron chi connectivity index (χ2n) is 3.81. The minimum atomic E-state index is -3.39. The Morgan fingerprint density at radius 3 is 2.63 bits per heavy atom. The molecule has 19 heavy (non-hydrogen) atoms. The third-order valence-electron chi connectivity index (χ3n) is 2.57. The van der Waals surface area contributed by atoms with Crippen molar-refractivity contribution < 1.29 is 22.8 Å².